The van der Waals surface area contributed by atoms with Crippen molar-refractivity contribution in [2.45, 2.75) is 30.8 Å². The molecule has 0 aromatic heterocycles. The number of benzene rings is 1. The minimum Gasteiger partial charge on any atom is -0.343 e. The molecule has 100 valence electrons. The lowest BCUT2D eigenvalue weighted by Gasteiger charge is -2.18. The van der Waals surface area contributed by atoms with Crippen LogP contribution in [0.5, 0.6) is 0 Å². The molecule has 1 aromatic carbocycles. The van der Waals surface area contributed by atoms with Crippen LogP contribution in [0.4, 0.5) is 5.69 Å². The summed E-state index contributed by atoms with van der Waals surface area (Å²) >= 11 is 0. The number of rotatable bonds is 3. The summed E-state index contributed by atoms with van der Waals surface area (Å²) in [4.78, 5) is 25.8. The summed E-state index contributed by atoms with van der Waals surface area (Å²) in [5.41, 5.74) is 5.97. The molecule has 19 heavy (non-hydrogen) atoms. The first-order valence-corrected chi connectivity index (χ1v) is 6.56. The fraction of sp³-hybridized carbons (Fsp3) is 0.429. The van der Waals surface area contributed by atoms with Crippen LogP contribution >= 0.6 is 0 Å². The maximum Gasteiger partial charge on any atom is 0.249 e. The quantitative estimate of drug-likeness (QED) is 0.825. The second-order valence-corrected chi connectivity index (χ2v) is 5.30. The Bertz CT molecular complexity index is 511. The van der Waals surface area contributed by atoms with Crippen LogP contribution in [0.3, 0.4) is 0 Å². The highest BCUT2D eigenvalue weighted by atomic mass is 16.2. The van der Waals surface area contributed by atoms with Gasteiger partial charge in [-0.15, -0.1) is 0 Å². The lowest BCUT2D eigenvalue weighted by atomic mass is 10.2. The van der Waals surface area contributed by atoms with E-state index in [0.717, 1.165) is 5.69 Å². The molecule has 0 bridgehead atoms. The largest absolute Gasteiger partial charge is 0.343 e. The monoisotopic (exact) mass is 259 g/mol. The number of carbonyl (C=O) groups is 2. The van der Waals surface area contributed by atoms with Crippen molar-refractivity contribution >= 4 is 17.5 Å². The molecular formula is C14H17N3O2. The number of nitrogens with one attached hydrogen (secondary N) is 1. The lowest BCUT2D eigenvalue weighted by Crippen LogP contribution is -2.49. The molecule has 1 unspecified atom stereocenters. The molecule has 1 atom stereocenters. The summed E-state index contributed by atoms with van der Waals surface area (Å²) in [6.45, 7) is 0.630. The van der Waals surface area contributed by atoms with Gasteiger partial charge in [0.05, 0.1) is 5.54 Å². The van der Waals surface area contributed by atoms with Gasteiger partial charge in [0, 0.05) is 12.2 Å². The van der Waals surface area contributed by atoms with Crippen LogP contribution in [0.15, 0.2) is 30.3 Å². The van der Waals surface area contributed by atoms with Crippen LogP contribution in [-0.4, -0.2) is 29.9 Å². The van der Waals surface area contributed by atoms with Gasteiger partial charge >= 0.3 is 0 Å². The molecule has 1 saturated heterocycles. The Morgan fingerprint density at radius 2 is 2.00 bits per heavy atom. The van der Waals surface area contributed by atoms with Gasteiger partial charge in [0.2, 0.25) is 11.8 Å². The predicted molar refractivity (Wildman–Crippen MR) is 71.5 cm³/mol. The number of nitrogens with two attached hydrogens (primary N) is 1. The average molecular weight is 259 g/mol. The number of amides is 2. The van der Waals surface area contributed by atoms with E-state index in [4.69, 9.17) is 5.73 Å². The molecule has 5 heteroatoms. The van der Waals surface area contributed by atoms with E-state index in [9.17, 15) is 9.59 Å². The summed E-state index contributed by atoms with van der Waals surface area (Å²) in [5.74, 6) is -0.246. The number of nitrogens with zero attached hydrogens (tertiary/aromatic N) is 1. The van der Waals surface area contributed by atoms with E-state index in [-0.39, 0.29) is 11.8 Å². The van der Waals surface area contributed by atoms with Crippen molar-refractivity contribution in [3.8, 4) is 0 Å². The molecule has 1 aromatic rings. The Balaban J connectivity index is 1.67. The highest BCUT2D eigenvalue weighted by Crippen LogP contribution is 2.32. The fourth-order valence-corrected chi connectivity index (χ4v) is 2.34. The van der Waals surface area contributed by atoms with Crippen LogP contribution in [-0.2, 0) is 9.59 Å². The van der Waals surface area contributed by atoms with Crippen molar-refractivity contribution < 1.29 is 9.59 Å². The van der Waals surface area contributed by atoms with Gasteiger partial charge < -0.3 is 16.0 Å². The summed E-state index contributed by atoms with van der Waals surface area (Å²) in [7, 11) is 0. The maximum atomic E-state index is 12.3. The molecule has 3 N–H and O–H groups in total. The van der Waals surface area contributed by atoms with E-state index < -0.39 is 11.6 Å². The van der Waals surface area contributed by atoms with Crippen LogP contribution < -0.4 is 16.0 Å². The Kier molecular flexibility index (Phi) is 2.78. The van der Waals surface area contributed by atoms with Crippen molar-refractivity contribution in [2.75, 3.05) is 11.4 Å². The summed E-state index contributed by atoms with van der Waals surface area (Å²) in [6, 6.07) is 9.06. The van der Waals surface area contributed by atoms with Crippen molar-refractivity contribution in [3.05, 3.63) is 30.3 Å². The molecule has 2 amide bonds. The first kappa shape index (κ1) is 12.2. The van der Waals surface area contributed by atoms with Gasteiger partial charge in [0.15, 0.2) is 0 Å². The highest BCUT2D eigenvalue weighted by molar-refractivity contribution is 6.02. The zero-order chi connectivity index (χ0) is 13.5. The van der Waals surface area contributed by atoms with E-state index in [0.29, 0.717) is 25.8 Å². The molecule has 2 aliphatic rings. The molecule has 1 aliphatic heterocycles. The van der Waals surface area contributed by atoms with Gasteiger partial charge in [-0.1, -0.05) is 18.2 Å². The number of carbonyl (C=O) groups excluding carboxylic acids is 2. The van der Waals surface area contributed by atoms with Gasteiger partial charge in [-0.25, -0.2) is 0 Å². The Morgan fingerprint density at radius 3 is 2.63 bits per heavy atom. The summed E-state index contributed by atoms with van der Waals surface area (Å²) in [6.07, 6.45) is 2.06. The first-order chi connectivity index (χ1) is 9.10. The number of para-hydroxylation sites is 1. The molecule has 3 rings (SSSR count). The Hall–Kier alpha value is -1.88. The third-order valence-electron chi connectivity index (χ3n) is 3.82. The second-order valence-electron chi connectivity index (χ2n) is 5.30. The fourth-order valence-electron chi connectivity index (χ4n) is 2.34. The number of hydrogen-bond donors (Lipinski definition) is 2. The van der Waals surface area contributed by atoms with Gasteiger partial charge in [-0.3, -0.25) is 9.59 Å². The number of anilines is 1. The van der Waals surface area contributed by atoms with E-state index in [2.05, 4.69) is 5.32 Å². The lowest BCUT2D eigenvalue weighted by molar-refractivity contribution is -0.127. The summed E-state index contributed by atoms with van der Waals surface area (Å²) in [5, 5.41) is 2.78. The normalized spacial score (nSPS) is 24.4. The minimum atomic E-state index is -0.722. The maximum absolute atomic E-state index is 12.3. The molecule has 0 spiro atoms. The second kappa shape index (κ2) is 4.35. The van der Waals surface area contributed by atoms with E-state index in [1.165, 1.54) is 0 Å². The molecular weight excluding hydrogens is 242 g/mol. The zero-order valence-electron chi connectivity index (χ0n) is 10.6. The smallest absolute Gasteiger partial charge is 0.249 e. The average Bonchev–Trinajstić information content (AvgIpc) is 3.08. The van der Waals surface area contributed by atoms with Crippen molar-refractivity contribution in [1.29, 1.82) is 0 Å². The zero-order valence-corrected chi connectivity index (χ0v) is 10.6. The molecule has 2 fully saturated rings. The van der Waals surface area contributed by atoms with Crippen molar-refractivity contribution in [2.24, 2.45) is 5.73 Å². The Morgan fingerprint density at radius 1 is 1.32 bits per heavy atom. The van der Waals surface area contributed by atoms with Crippen LogP contribution in [0.2, 0.25) is 0 Å². The van der Waals surface area contributed by atoms with Crippen molar-refractivity contribution in [3.63, 3.8) is 0 Å². The van der Waals surface area contributed by atoms with E-state index in [1.807, 2.05) is 30.3 Å². The first-order valence-electron chi connectivity index (χ1n) is 6.56. The molecule has 1 saturated carbocycles. The highest BCUT2D eigenvalue weighted by Gasteiger charge is 2.47. The van der Waals surface area contributed by atoms with Crippen LogP contribution in [0.25, 0.3) is 0 Å². The van der Waals surface area contributed by atoms with Crippen LogP contribution in [0, 0.1) is 0 Å². The summed E-state index contributed by atoms with van der Waals surface area (Å²) < 4.78 is 0. The van der Waals surface area contributed by atoms with Gasteiger partial charge in [0.25, 0.3) is 0 Å². The molecule has 5 nitrogen and oxygen atoms in total. The van der Waals surface area contributed by atoms with E-state index in [1.54, 1.807) is 4.90 Å². The predicted octanol–water partition coefficient (Wildman–Crippen LogP) is 0.399. The van der Waals surface area contributed by atoms with Gasteiger partial charge in [-0.05, 0) is 31.4 Å². The molecule has 0 radical (unpaired) electrons. The van der Waals surface area contributed by atoms with Gasteiger partial charge in [-0.2, -0.15) is 0 Å². The third-order valence-corrected chi connectivity index (χ3v) is 3.82. The topological polar surface area (TPSA) is 75.4 Å². The SMILES string of the molecule is NC1(C(=O)NC2CCN(c3ccccc3)C2=O)CC1. The van der Waals surface area contributed by atoms with Crippen LogP contribution in [0.1, 0.15) is 19.3 Å². The number of hydrogen-bond acceptors (Lipinski definition) is 3. The third kappa shape index (κ3) is 2.21. The minimum absolute atomic E-state index is 0.0520. The molecule has 1 heterocycles. The van der Waals surface area contributed by atoms with E-state index >= 15 is 0 Å². The van der Waals surface area contributed by atoms with Crippen molar-refractivity contribution in [1.82, 2.24) is 5.32 Å². The standard InChI is InChI=1S/C14H17N3O2/c15-14(7-8-14)13(19)16-11-6-9-17(12(11)18)10-4-2-1-3-5-10/h1-5,11H,6-9,15H2,(H,16,19). The molecule has 1 aliphatic carbocycles. The Labute approximate surface area is 111 Å². The van der Waals surface area contributed by atoms with Gasteiger partial charge in [0.1, 0.15) is 6.04 Å².